The highest BCUT2D eigenvalue weighted by atomic mass is 35.5. The van der Waals surface area contributed by atoms with Gasteiger partial charge in [0.05, 0.1) is 10.7 Å². The quantitative estimate of drug-likeness (QED) is 0.868. The molecule has 1 aromatic carbocycles. The second-order valence-corrected chi connectivity index (χ2v) is 5.78. The highest BCUT2D eigenvalue weighted by molar-refractivity contribution is 8.00. The van der Waals surface area contributed by atoms with E-state index in [1.807, 2.05) is 30.9 Å². The zero-order valence-corrected chi connectivity index (χ0v) is 11.2. The summed E-state index contributed by atoms with van der Waals surface area (Å²) in [5.74, 6) is 0. The number of fused-ring (bicyclic) bond motifs is 1. The topological polar surface area (TPSA) is 24.1 Å². The maximum absolute atomic E-state index is 6.17. The van der Waals surface area contributed by atoms with E-state index in [1.165, 1.54) is 11.3 Å². The van der Waals surface area contributed by atoms with E-state index in [-0.39, 0.29) is 0 Å². The number of nitrogens with one attached hydrogen (secondary N) is 2. The van der Waals surface area contributed by atoms with Crippen LogP contribution in [0.4, 0.5) is 5.69 Å². The Morgan fingerprint density at radius 3 is 3.06 bits per heavy atom. The van der Waals surface area contributed by atoms with Gasteiger partial charge in [-0.3, -0.25) is 0 Å². The third-order valence-corrected chi connectivity index (χ3v) is 4.72. The van der Waals surface area contributed by atoms with Crippen LogP contribution >= 0.6 is 23.4 Å². The molecule has 1 aromatic rings. The summed E-state index contributed by atoms with van der Waals surface area (Å²) in [6.07, 6.45) is 1.17. The summed E-state index contributed by atoms with van der Waals surface area (Å²) >= 11 is 8.10. The highest BCUT2D eigenvalue weighted by Crippen LogP contribution is 2.42. The first kappa shape index (κ1) is 12.1. The van der Waals surface area contributed by atoms with E-state index in [9.17, 15) is 0 Å². The van der Waals surface area contributed by atoms with E-state index in [0.29, 0.717) is 11.3 Å². The molecule has 2 unspecified atom stereocenters. The molecule has 1 aliphatic rings. The molecule has 0 amide bonds. The van der Waals surface area contributed by atoms with Gasteiger partial charge < -0.3 is 10.6 Å². The van der Waals surface area contributed by atoms with Crippen LogP contribution in [0.1, 0.15) is 13.3 Å². The molecule has 88 valence electrons. The molecule has 0 radical (unpaired) electrons. The third-order valence-electron chi connectivity index (χ3n) is 2.86. The van der Waals surface area contributed by atoms with Gasteiger partial charge in [0.1, 0.15) is 0 Å². The van der Waals surface area contributed by atoms with Crippen molar-refractivity contribution in [2.45, 2.75) is 29.5 Å². The number of rotatable bonds is 3. The lowest BCUT2D eigenvalue weighted by atomic mass is 10.1. The van der Waals surface area contributed by atoms with E-state index in [1.54, 1.807) is 0 Å². The summed E-state index contributed by atoms with van der Waals surface area (Å²) in [6.45, 7) is 3.28. The molecule has 2 atom stereocenters. The molecule has 1 aliphatic heterocycles. The Labute approximate surface area is 106 Å². The van der Waals surface area contributed by atoms with Crippen molar-refractivity contribution in [1.82, 2.24) is 5.32 Å². The van der Waals surface area contributed by atoms with Crippen molar-refractivity contribution in [1.29, 1.82) is 0 Å². The first-order chi connectivity index (χ1) is 7.72. The standard InChI is InChI=1S/C12H17ClN2S/c1-8-10(6-7-14-2)16-11-5-3-4-9(13)12(11)15-8/h3-5,8,10,14-15H,6-7H2,1-2H3. The molecule has 0 aliphatic carbocycles. The number of hydrogen-bond donors (Lipinski definition) is 2. The molecule has 0 saturated heterocycles. The second-order valence-electron chi connectivity index (χ2n) is 4.09. The van der Waals surface area contributed by atoms with Crippen LogP contribution in [-0.4, -0.2) is 24.9 Å². The molecule has 1 heterocycles. The van der Waals surface area contributed by atoms with E-state index in [0.717, 1.165) is 17.3 Å². The zero-order valence-electron chi connectivity index (χ0n) is 9.59. The van der Waals surface area contributed by atoms with Crippen LogP contribution < -0.4 is 10.6 Å². The van der Waals surface area contributed by atoms with Crippen LogP contribution in [0.25, 0.3) is 0 Å². The molecule has 2 rings (SSSR count). The first-order valence-corrected chi connectivity index (χ1v) is 6.84. The van der Waals surface area contributed by atoms with Crippen molar-refractivity contribution in [3.63, 3.8) is 0 Å². The van der Waals surface area contributed by atoms with Gasteiger partial charge in [0.2, 0.25) is 0 Å². The second kappa shape index (κ2) is 5.30. The number of thioether (sulfide) groups is 1. The van der Waals surface area contributed by atoms with Gasteiger partial charge in [-0.1, -0.05) is 17.7 Å². The van der Waals surface area contributed by atoms with Crippen LogP contribution in [0.3, 0.4) is 0 Å². The third kappa shape index (κ3) is 2.47. The van der Waals surface area contributed by atoms with Crippen LogP contribution in [0.15, 0.2) is 23.1 Å². The number of hydrogen-bond acceptors (Lipinski definition) is 3. The van der Waals surface area contributed by atoms with Crippen molar-refractivity contribution >= 4 is 29.1 Å². The maximum atomic E-state index is 6.17. The Balaban J connectivity index is 2.15. The Morgan fingerprint density at radius 1 is 1.50 bits per heavy atom. The van der Waals surface area contributed by atoms with Crippen molar-refractivity contribution < 1.29 is 0 Å². The van der Waals surface area contributed by atoms with Crippen LogP contribution in [0.2, 0.25) is 5.02 Å². The fourth-order valence-electron chi connectivity index (χ4n) is 1.92. The molecule has 0 aromatic heterocycles. The number of halogens is 1. The van der Waals surface area contributed by atoms with Crippen molar-refractivity contribution in [2.75, 3.05) is 18.9 Å². The Kier molecular flexibility index (Phi) is 4.00. The summed E-state index contributed by atoms with van der Waals surface area (Å²) in [7, 11) is 2.00. The lowest BCUT2D eigenvalue weighted by molar-refractivity contribution is 0.634. The summed E-state index contributed by atoms with van der Waals surface area (Å²) in [5, 5.41) is 8.14. The Morgan fingerprint density at radius 2 is 2.31 bits per heavy atom. The molecule has 0 bridgehead atoms. The van der Waals surface area contributed by atoms with Gasteiger partial charge in [-0.25, -0.2) is 0 Å². The molecule has 2 N–H and O–H groups in total. The maximum Gasteiger partial charge on any atom is 0.0670 e. The monoisotopic (exact) mass is 256 g/mol. The minimum atomic E-state index is 0.464. The van der Waals surface area contributed by atoms with Crippen molar-refractivity contribution in [3.8, 4) is 0 Å². The summed E-state index contributed by atoms with van der Waals surface area (Å²) in [4.78, 5) is 1.27. The average molecular weight is 257 g/mol. The fraction of sp³-hybridized carbons (Fsp3) is 0.500. The lowest BCUT2D eigenvalue weighted by Gasteiger charge is -2.32. The van der Waals surface area contributed by atoms with E-state index in [2.05, 4.69) is 23.6 Å². The molecule has 4 heteroatoms. The lowest BCUT2D eigenvalue weighted by Crippen LogP contribution is -2.33. The molecule has 2 nitrogen and oxygen atoms in total. The predicted molar refractivity (Wildman–Crippen MR) is 72.7 cm³/mol. The minimum absolute atomic E-state index is 0.464. The summed E-state index contributed by atoms with van der Waals surface area (Å²) in [6, 6.07) is 6.55. The van der Waals surface area contributed by atoms with Crippen LogP contribution in [0, 0.1) is 0 Å². The van der Waals surface area contributed by atoms with Gasteiger partial charge in [0, 0.05) is 16.2 Å². The van der Waals surface area contributed by atoms with E-state index < -0.39 is 0 Å². The fourth-order valence-corrected chi connectivity index (χ4v) is 3.49. The van der Waals surface area contributed by atoms with Crippen molar-refractivity contribution in [2.24, 2.45) is 0 Å². The predicted octanol–water partition coefficient (Wildman–Crippen LogP) is 3.22. The average Bonchev–Trinajstić information content (AvgIpc) is 2.28. The summed E-state index contributed by atoms with van der Waals surface area (Å²) < 4.78 is 0. The number of para-hydroxylation sites is 1. The van der Waals surface area contributed by atoms with E-state index >= 15 is 0 Å². The molecular weight excluding hydrogens is 240 g/mol. The number of benzene rings is 1. The zero-order chi connectivity index (χ0) is 11.5. The molecule has 0 saturated carbocycles. The van der Waals surface area contributed by atoms with Gasteiger partial charge >= 0.3 is 0 Å². The van der Waals surface area contributed by atoms with Gasteiger partial charge in [-0.05, 0) is 39.1 Å². The summed E-state index contributed by atoms with van der Waals surface area (Å²) in [5.41, 5.74) is 1.10. The van der Waals surface area contributed by atoms with Gasteiger partial charge in [-0.15, -0.1) is 11.8 Å². The van der Waals surface area contributed by atoms with E-state index in [4.69, 9.17) is 11.6 Å². The smallest absolute Gasteiger partial charge is 0.0670 e. The normalized spacial score (nSPS) is 23.7. The molecule has 0 spiro atoms. The minimum Gasteiger partial charge on any atom is -0.379 e. The first-order valence-electron chi connectivity index (χ1n) is 5.58. The van der Waals surface area contributed by atoms with Crippen LogP contribution in [0.5, 0.6) is 0 Å². The highest BCUT2D eigenvalue weighted by Gasteiger charge is 2.26. The van der Waals surface area contributed by atoms with Gasteiger partial charge in [0.25, 0.3) is 0 Å². The number of anilines is 1. The Hall–Kier alpha value is -0.380. The molecular formula is C12H17ClN2S. The van der Waals surface area contributed by atoms with Crippen molar-refractivity contribution in [3.05, 3.63) is 23.2 Å². The largest absolute Gasteiger partial charge is 0.379 e. The van der Waals surface area contributed by atoms with Gasteiger partial charge in [0.15, 0.2) is 0 Å². The van der Waals surface area contributed by atoms with Gasteiger partial charge in [-0.2, -0.15) is 0 Å². The molecule has 0 fully saturated rings. The SMILES string of the molecule is CNCCC1Sc2cccc(Cl)c2NC1C. The molecule has 16 heavy (non-hydrogen) atoms. The van der Waals surface area contributed by atoms with Crippen LogP contribution in [-0.2, 0) is 0 Å². The Bertz CT molecular complexity index is 370.